The zero-order valence-electron chi connectivity index (χ0n) is 16.8. The number of anilines is 1. The smallest absolute Gasteiger partial charge is 0.253 e. The van der Waals surface area contributed by atoms with Crippen molar-refractivity contribution in [2.75, 3.05) is 39.1 Å². The van der Waals surface area contributed by atoms with Crippen LogP contribution in [0.4, 0.5) is 5.69 Å². The first-order chi connectivity index (χ1) is 14.0. The number of rotatable bonds is 6. The van der Waals surface area contributed by atoms with Gasteiger partial charge < -0.3 is 20.5 Å². The van der Waals surface area contributed by atoms with Gasteiger partial charge in [0.1, 0.15) is 0 Å². The fourth-order valence-corrected chi connectivity index (χ4v) is 3.57. The standard InChI is InChI=1S/C22H24N6O/c1-27(2)9-10-28(3)18-12-16(20-21(26-13-25-20)19(18)22(23)29)15-7-6-14-5-4-8-24-17(14)11-15/h4-8,11-13H,9-10H2,1-3H3,(H2,23,29)(H,25,26). The van der Waals surface area contributed by atoms with Crippen LogP contribution in [-0.4, -0.2) is 60.0 Å². The Morgan fingerprint density at radius 2 is 1.93 bits per heavy atom. The Hall–Kier alpha value is -3.45. The summed E-state index contributed by atoms with van der Waals surface area (Å²) in [7, 11) is 6.02. The van der Waals surface area contributed by atoms with Crippen LogP contribution in [0.15, 0.2) is 48.9 Å². The van der Waals surface area contributed by atoms with E-state index in [-0.39, 0.29) is 0 Å². The molecule has 7 nitrogen and oxygen atoms in total. The molecule has 0 saturated carbocycles. The summed E-state index contributed by atoms with van der Waals surface area (Å²) in [6, 6.07) is 12.1. The van der Waals surface area contributed by atoms with E-state index >= 15 is 0 Å². The van der Waals surface area contributed by atoms with Gasteiger partial charge >= 0.3 is 0 Å². The van der Waals surface area contributed by atoms with Crippen molar-refractivity contribution in [1.82, 2.24) is 19.9 Å². The molecule has 0 fully saturated rings. The van der Waals surface area contributed by atoms with Crippen molar-refractivity contribution in [1.29, 1.82) is 0 Å². The molecule has 2 aromatic carbocycles. The SMILES string of the molecule is CN(C)CCN(C)c1cc(-c2ccc3cccnc3c2)c2nc[nH]c2c1C(N)=O. The highest BCUT2D eigenvalue weighted by molar-refractivity contribution is 6.13. The quantitative estimate of drug-likeness (QED) is 0.530. The van der Waals surface area contributed by atoms with E-state index in [0.29, 0.717) is 11.1 Å². The Bertz CT molecular complexity index is 1200. The summed E-state index contributed by atoms with van der Waals surface area (Å²) in [6.07, 6.45) is 3.39. The Morgan fingerprint density at radius 1 is 1.10 bits per heavy atom. The number of hydrogen-bond donors (Lipinski definition) is 2. The number of aromatic nitrogens is 3. The van der Waals surface area contributed by atoms with Crippen molar-refractivity contribution >= 4 is 33.5 Å². The molecule has 148 valence electrons. The molecule has 7 heteroatoms. The van der Waals surface area contributed by atoms with Gasteiger partial charge in [-0.25, -0.2) is 4.98 Å². The van der Waals surface area contributed by atoms with Crippen LogP contribution in [0.5, 0.6) is 0 Å². The molecule has 0 radical (unpaired) electrons. The molecular formula is C22H24N6O. The minimum atomic E-state index is -0.474. The molecule has 3 N–H and O–H groups in total. The van der Waals surface area contributed by atoms with E-state index in [9.17, 15) is 4.79 Å². The number of hydrogen-bond acceptors (Lipinski definition) is 5. The zero-order chi connectivity index (χ0) is 20.5. The van der Waals surface area contributed by atoms with E-state index in [1.807, 2.05) is 51.5 Å². The molecule has 29 heavy (non-hydrogen) atoms. The number of likely N-dealkylation sites (N-methyl/N-ethyl adjacent to an activating group) is 2. The van der Waals surface area contributed by atoms with E-state index < -0.39 is 5.91 Å². The van der Waals surface area contributed by atoms with Crippen LogP contribution in [0.2, 0.25) is 0 Å². The monoisotopic (exact) mass is 388 g/mol. The van der Waals surface area contributed by atoms with Crippen molar-refractivity contribution in [3.8, 4) is 11.1 Å². The maximum atomic E-state index is 12.3. The highest BCUT2D eigenvalue weighted by Gasteiger charge is 2.21. The predicted octanol–water partition coefficient (Wildman–Crippen LogP) is 2.87. The van der Waals surface area contributed by atoms with Crippen LogP contribution in [0.3, 0.4) is 0 Å². The summed E-state index contributed by atoms with van der Waals surface area (Å²) in [5.41, 5.74) is 11.2. The maximum Gasteiger partial charge on any atom is 0.253 e. The summed E-state index contributed by atoms with van der Waals surface area (Å²) in [5, 5.41) is 1.08. The number of fused-ring (bicyclic) bond motifs is 2. The first kappa shape index (κ1) is 18.9. The Labute approximate surface area is 169 Å². The van der Waals surface area contributed by atoms with Gasteiger partial charge in [-0.3, -0.25) is 9.78 Å². The average Bonchev–Trinajstić information content (AvgIpc) is 3.19. The number of benzene rings is 2. The summed E-state index contributed by atoms with van der Waals surface area (Å²) < 4.78 is 0. The van der Waals surface area contributed by atoms with E-state index in [0.717, 1.165) is 46.3 Å². The number of pyridine rings is 1. The topological polar surface area (TPSA) is 91.1 Å². The first-order valence-electron chi connectivity index (χ1n) is 9.46. The van der Waals surface area contributed by atoms with Gasteiger partial charge in [0, 0.05) is 37.3 Å². The molecule has 0 atom stereocenters. The number of carbonyl (C=O) groups is 1. The summed E-state index contributed by atoms with van der Waals surface area (Å²) in [6.45, 7) is 1.61. The van der Waals surface area contributed by atoms with E-state index in [2.05, 4.69) is 30.8 Å². The minimum Gasteiger partial charge on any atom is -0.373 e. The van der Waals surface area contributed by atoms with Crippen LogP contribution >= 0.6 is 0 Å². The van der Waals surface area contributed by atoms with Crippen LogP contribution in [0, 0.1) is 0 Å². The average molecular weight is 388 g/mol. The third kappa shape index (κ3) is 3.52. The van der Waals surface area contributed by atoms with Crippen LogP contribution in [0.1, 0.15) is 10.4 Å². The van der Waals surface area contributed by atoms with Crippen molar-refractivity contribution < 1.29 is 4.79 Å². The molecule has 2 aromatic heterocycles. The van der Waals surface area contributed by atoms with Gasteiger partial charge in [-0.2, -0.15) is 0 Å². The predicted molar refractivity (Wildman–Crippen MR) is 117 cm³/mol. The molecule has 2 heterocycles. The van der Waals surface area contributed by atoms with Gasteiger partial charge in [-0.05, 0) is 37.9 Å². The van der Waals surface area contributed by atoms with Crippen molar-refractivity contribution in [2.24, 2.45) is 5.73 Å². The third-order valence-corrected chi connectivity index (χ3v) is 5.14. The second-order valence-corrected chi connectivity index (χ2v) is 7.44. The number of imidazole rings is 1. The van der Waals surface area contributed by atoms with Gasteiger partial charge in [0.25, 0.3) is 5.91 Å². The van der Waals surface area contributed by atoms with E-state index in [1.165, 1.54) is 0 Å². The molecule has 0 aliphatic rings. The van der Waals surface area contributed by atoms with E-state index in [1.54, 1.807) is 12.5 Å². The van der Waals surface area contributed by atoms with Crippen LogP contribution in [0.25, 0.3) is 33.1 Å². The fraction of sp³-hybridized carbons (Fsp3) is 0.227. The Kier molecular flexibility index (Phi) is 4.90. The van der Waals surface area contributed by atoms with Gasteiger partial charge in [-0.1, -0.05) is 18.2 Å². The lowest BCUT2D eigenvalue weighted by atomic mass is 9.97. The number of carbonyl (C=O) groups excluding carboxylic acids is 1. The molecule has 0 aliphatic heterocycles. The zero-order valence-corrected chi connectivity index (χ0v) is 16.8. The second-order valence-electron chi connectivity index (χ2n) is 7.44. The number of nitrogens with two attached hydrogens (primary N) is 1. The van der Waals surface area contributed by atoms with Crippen molar-refractivity contribution in [2.45, 2.75) is 0 Å². The fourth-order valence-electron chi connectivity index (χ4n) is 3.57. The van der Waals surface area contributed by atoms with Gasteiger partial charge in [-0.15, -0.1) is 0 Å². The number of amides is 1. The largest absolute Gasteiger partial charge is 0.373 e. The Balaban J connectivity index is 1.92. The van der Waals surface area contributed by atoms with Crippen LogP contribution < -0.4 is 10.6 Å². The molecule has 0 bridgehead atoms. The lowest BCUT2D eigenvalue weighted by Gasteiger charge is -2.24. The summed E-state index contributed by atoms with van der Waals surface area (Å²) in [4.78, 5) is 28.6. The number of primary amides is 1. The maximum absolute atomic E-state index is 12.3. The number of H-pyrrole nitrogens is 1. The number of aromatic amines is 1. The molecule has 0 spiro atoms. The molecule has 4 aromatic rings. The van der Waals surface area contributed by atoms with Gasteiger partial charge in [0.2, 0.25) is 0 Å². The van der Waals surface area contributed by atoms with Crippen LogP contribution in [-0.2, 0) is 0 Å². The first-order valence-corrected chi connectivity index (χ1v) is 9.46. The number of nitrogens with zero attached hydrogens (tertiary/aromatic N) is 4. The highest BCUT2D eigenvalue weighted by Crippen LogP contribution is 2.36. The van der Waals surface area contributed by atoms with Gasteiger partial charge in [0.05, 0.1) is 34.1 Å². The minimum absolute atomic E-state index is 0.460. The molecule has 1 amide bonds. The highest BCUT2D eigenvalue weighted by atomic mass is 16.1. The molecular weight excluding hydrogens is 364 g/mol. The van der Waals surface area contributed by atoms with Gasteiger partial charge in [0.15, 0.2) is 0 Å². The third-order valence-electron chi connectivity index (χ3n) is 5.14. The summed E-state index contributed by atoms with van der Waals surface area (Å²) >= 11 is 0. The van der Waals surface area contributed by atoms with Crippen molar-refractivity contribution in [3.63, 3.8) is 0 Å². The molecule has 0 aliphatic carbocycles. The lowest BCUT2D eigenvalue weighted by Crippen LogP contribution is -2.30. The summed E-state index contributed by atoms with van der Waals surface area (Å²) in [5.74, 6) is -0.474. The van der Waals surface area contributed by atoms with E-state index in [4.69, 9.17) is 5.73 Å². The lowest BCUT2D eigenvalue weighted by molar-refractivity contribution is 0.100. The normalized spacial score (nSPS) is 11.4. The Morgan fingerprint density at radius 3 is 2.69 bits per heavy atom. The van der Waals surface area contributed by atoms with Crippen molar-refractivity contribution in [3.05, 3.63) is 54.5 Å². The molecule has 0 saturated heterocycles. The number of nitrogens with one attached hydrogen (secondary N) is 1. The second kappa shape index (κ2) is 7.52. The molecule has 4 rings (SSSR count). The molecule has 0 unspecified atom stereocenters.